The minimum atomic E-state index is 0.869. The molecule has 0 amide bonds. The third-order valence-electron chi connectivity index (χ3n) is 4.66. The van der Waals surface area contributed by atoms with Crippen molar-refractivity contribution in [3.8, 4) is 0 Å². The predicted molar refractivity (Wildman–Crippen MR) is 66.8 cm³/mol. The quantitative estimate of drug-likeness (QED) is 0.573. The van der Waals surface area contributed by atoms with E-state index in [-0.39, 0.29) is 0 Å². The van der Waals surface area contributed by atoms with Crippen molar-refractivity contribution in [2.75, 3.05) is 0 Å². The van der Waals surface area contributed by atoms with Crippen molar-refractivity contribution in [2.45, 2.75) is 64.7 Å². The lowest BCUT2D eigenvalue weighted by Gasteiger charge is -2.27. The lowest BCUT2D eigenvalue weighted by molar-refractivity contribution is 0.364. The Morgan fingerprint density at radius 3 is 2.87 bits per heavy atom. The van der Waals surface area contributed by atoms with Crippen LogP contribution in [0.3, 0.4) is 0 Å². The molecule has 3 unspecified atom stereocenters. The van der Waals surface area contributed by atoms with Gasteiger partial charge in [-0.2, -0.15) is 0 Å². The third-order valence-corrected chi connectivity index (χ3v) is 4.66. The molecular weight excluding hydrogens is 180 g/mol. The lowest BCUT2D eigenvalue weighted by Crippen LogP contribution is -2.14. The third kappa shape index (κ3) is 2.65. The van der Waals surface area contributed by atoms with Crippen LogP contribution in [0.1, 0.15) is 64.7 Å². The van der Waals surface area contributed by atoms with Crippen molar-refractivity contribution in [1.82, 2.24) is 0 Å². The molecular formula is C15H26. The van der Waals surface area contributed by atoms with Gasteiger partial charge >= 0.3 is 0 Å². The molecule has 2 aliphatic carbocycles. The fourth-order valence-electron chi connectivity index (χ4n) is 3.63. The van der Waals surface area contributed by atoms with Crippen LogP contribution in [0.15, 0.2) is 12.2 Å². The molecule has 2 saturated carbocycles. The second-order valence-electron chi connectivity index (χ2n) is 5.72. The molecule has 2 aliphatic rings. The Bertz CT molecular complexity index is 216. The molecule has 0 spiro atoms. The average molecular weight is 206 g/mol. The van der Waals surface area contributed by atoms with Gasteiger partial charge in [0.15, 0.2) is 0 Å². The first kappa shape index (κ1) is 11.2. The van der Waals surface area contributed by atoms with E-state index in [1.807, 2.05) is 0 Å². The predicted octanol–water partition coefficient (Wildman–Crippen LogP) is 4.95. The molecule has 2 bridgehead atoms. The van der Waals surface area contributed by atoms with E-state index in [0.717, 1.165) is 17.8 Å². The number of fused-ring (bicyclic) bond motifs is 2. The Labute approximate surface area is 95.1 Å². The number of unbranched alkanes of at least 4 members (excludes halogenated alkanes) is 1. The van der Waals surface area contributed by atoms with Gasteiger partial charge in [-0.05, 0) is 49.9 Å². The van der Waals surface area contributed by atoms with Crippen molar-refractivity contribution < 1.29 is 0 Å². The summed E-state index contributed by atoms with van der Waals surface area (Å²) in [4.78, 5) is 0. The molecule has 2 fully saturated rings. The van der Waals surface area contributed by atoms with Crippen molar-refractivity contribution in [3.05, 3.63) is 12.2 Å². The van der Waals surface area contributed by atoms with E-state index in [9.17, 15) is 0 Å². The maximum absolute atomic E-state index is 4.43. The zero-order valence-corrected chi connectivity index (χ0v) is 10.3. The Morgan fingerprint density at radius 1 is 1.20 bits per heavy atom. The SMILES string of the molecule is C=C1C(CCCC)CCCC2CCC1C2. The fourth-order valence-corrected chi connectivity index (χ4v) is 3.63. The van der Waals surface area contributed by atoms with Crippen molar-refractivity contribution in [1.29, 1.82) is 0 Å². The second kappa shape index (κ2) is 5.18. The zero-order valence-electron chi connectivity index (χ0n) is 10.3. The van der Waals surface area contributed by atoms with Crippen LogP contribution in [-0.2, 0) is 0 Å². The summed E-state index contributed by atoms with van der Waals surface area (Å²) in [5.41, 5.74) is 1.63. The van der Waals surface area contributed by atoms with Crippen LogP contribution in [0.4, 0.5) is 0 Å². The summed E-state index contributed by atoms with van der Waals surface area (Å²) in [6, 6.07) is 0. The van der Waals surface area contributed by atoms with E-state index < -0.39 is 0 Å². The summed E-state index contributed by atoms with van der Waals surface area (Å²) >= 11 is 0. The van der Waals surface area contributed by atoms with E-state index in [1.54, 1.807) is 5.57 Å². The van der Waals surface area contributed by atoms with Gasteiger partial charge in [-0.1, -0.05) is 44.8 Å². The largest absolute Gasteiger partial charge is 0.0993 e. The van der Waals surface area contributed by atoms with Crippen LogP contribution >= 0.6 is 0 Å². The molecule has 0 radical (unpaired) electrons. The Morgan fingerprint density at radius 2 is 2.07 bits per heavy atom. The maximum atomic E-state index is 4.43. The van der Waals surface area contributed by atoms with Crippen LogP contribution in [0.25, 0.3) is 0 Å². The Hall–Kier alpha value is -0.260. The number of allylic oxidation sites excluding steroid dienone is 1. The maximum Gasteiger partial charge on any atom is -0.0200 e. The summed E-state index contributed by atoms with van der Waals surface area (Å²) in [5.74, 6) is 2.82. The van der Waals surface area contributed by atoms with Crippen molar-refractivity contribution >= 4 is 0 Å². The van der Waals surface area contributed by atoms with E-state index in [1.165, 1.54) is 57.8 Å². The normalized spacial score (nSPS) is 36.3. The first-order valence-electron chi connectivity index (χ1n) is 7.00. The standard InChI is InChI=1S/C15H26/c1-3-4-7-14-8-5-6-13-9-10-15(11-13)12(14)2/h13-15H,2-11H2,1H3. The summed E-state index contributed by atoms with van der Waals surface area (Å²) in [6.07, 6.45) is 13.0. The van der Waals surface area contributed by atoms with Crippen molar-refractivity contribution in [2.24, 2.45) is 17.8 Å². The molecule has 0 aromatic heterocycles. The molecule has 0 heterocycles. The average Bonchev–Trinajstić information content (AvgIpc) is 2.70. The Balaban J connectivity index is 1.95. The molecule has 3 atom stereocenters. The van der Waals surface area contributed by atoms with E-state index in [2.05, 4.69) is 13.5 Å². The molecule has 0 saturated heterocycles. The van der Waals surface area contributed by atoms with Gasteiger partial charge in [-0.25, -0.2) is 0 Å². The van der Waals surface area contributed by atoms with Gasteiger partial charge in [0.25, 0.3) is 0 Å². The highest BCUT2D eigenvalue weighted by molar-refractivity contribution is 5.09. The molecule has 0 aromatic carbocycles. The van der Waals surface area contributed by atoms with E-state index in [4.69, 9.17) is 0 Å². The van der Waals surface area contributed by atoms with Gasteiger partial charge in [-0.3, -0.25) is 0 Å². The highest BCUT2D eigenvalue weighted by atomic mass is 14.4. The summed E-state index contributed by atoms with van der Waals surface area (Å²) in [7, 11) is 0. The number of rotatable bonds is 3. The smallest absolute Gasteiger partial charge is 0.0200 e. The highest BCUT2D eigenvalue weighted by Crippen LogP contribution is 2.44. The first-order chi connectivity index (χ1) is 7.31. The lowest BCUT2D eigenvalue weighted by atomic mass is 9.79. The molecule has 0 N–H and O–H groups in total. The van der Waals surface area contributed by atoms with Crippen LogP contribution in [-0.4, -0.2) is 0 Å². The summed E-state index contributed by atoms with van der Waals surface area (Å²) in [6.45, 7) is 6.73. The molecule has 86 valence electrons. The van der Waals surface area contributed by atoms with E-state index in [0.29, 0.717) is 0 Å². The molecule has 0 aromatic rings. The van der Waals surface area contributed by atoms with Crippen LogP contribution in [0.5, 0.6) is 0 Å². The van der Waals surface area contributed by atoms with Gasteiger partial charge in [0, 0.05) is 0 Å². The molecule has 15 heavy (non-hydrogen) atoms. The van der Waals surface area contributed by atoms with Crippen LogP contribution < -0.4 is 0 Å². The van der Waals surface area contributed by atoms with Crippen LogP contribution in [0.2, 0.25) is 0 Å². The number of hydrogen-bond donors (Lipinski definition) is 0. The molecule has 0 aliphatic heterocycles. The zero-order chi connectivity index (χ0) is 10.7. The molecule has 2 rings (SSSR count). The van der Waals surface area contributed by atoms with Gasteiger partial charge in [0.2, 0.25) is 0 Å². The minimum Gasteiger partial charge on any atom is -0.0993 e. The molecule has 0 nitrogen and oxygen atoms in total. The number of hydrogen-bond acceptors (Lipinski definition) is 0. The monoisotopic (exact) mass is 206 g/mol. The second-order valence-corrected chi connectivity index (χ2v) is 5.72. The topological polar surface area (TPSA) is 0 Å². The minimum absolute atomic E-state index is 0.869. The first-order valence-corrected chi connectivity index (χ1v) is 7.00. The summed E-state index contributed by atoms with van der Waals surface area (Å²) in [5, 5.41) is 0. The Kier molecular flexibility index (Phi) is 3.88. The summed E-state index contributed by atoms with van der Waals surface area (Å²) < 4.78 is 0. The van der Waals surface area contributed by atoms with Gasteiger partial charge in [0.05, 0.1) is 0 Å². The van der Waals surface area contributed by atoms with Gasteiger partial charge in [0.1, 0.15) is 0 Å². The van der Waals surface area contributed by atoms with E-state index >= 15 is 0 Å². The highest BCUT2D eigenvalue weighted by Gasteiger charge is 2.31. The van der Waals surface area contributed by atoms with Crippen molar-refractivity contribution in [3.63, 3.8) is 0 Å². The molecule has 0 heteroatoms. The van der Waals surface area contributed by atoms with Gasteiger partial charge < -0.3 is 0 Å². The fraction of sp³-hybridized carbons (Fsp3) is 0.867. The van der Waals surface area contributed by atoms with Gasteiger partial charge in [-0.15, -0.1) is 0 Å². The van der Waals surface area contributed by atoms with Crippen LogP contribution in [0, 0.1) is 17.8 Å².